The summed E-state index contributed by atoms with van der Waals surface area (Å²) in [5, 5.41) is 4.20. The number of Topliss-reactive ketones (excluding diaryl/α,β-unsaturated/α-hetero) is 1. The maximum absolute atomic E-state index is 12.8. The summed E-state index contributed by atoms with van der Waals surface area (Å²) in [4.78, 5) is 17.6. The summed E-state index contributed by atoms with van der Waals surface area (Å²) in [7, 11) is 0. The molecular formula is C22H26N4O4. The van der Waals surface area contributed by atoms with Crippen LogP contribution in [0, 0.1) is 5.41 Å². The molecule has 3 aliphatic rings. The fraction of sp³-hybridized carbons (Fsp3) is 0.500. The number of carbonyl (C=O) groups excluding carboxylic acids is 1. The average Bonchev–Trinajstić information content (AvgIpc) is 3.28. The number of hydrogen-bond donors (Lipinski definition) is 1. The largest absolute Gasteiger partial charge is 0.487 e. The molecule has 2 aromatic rings. The zero-order valence-electron chi connectivity index (χ0n) is 17.5. The van der Waals surface area contributed by atoms with Crippen LogP contribution in [0.15, 0.2) is 35.6 Å². The molecule has 2 N–H and O–H groups in total. The van der Waals surface area contributed by atoms with Crippen LogP contribution in [0.1, 0.15) is 42.3 Å². The Morgan fingerprint density at radius 1 is 1.27 bits per heavy atom. The molecule has 1 atom stereocenters. The van der Waals surface area contributed by atoms with Crippen molar-refractivity contribution in [3.05, 3.63) is 47.3 Å². The Labute approximate surface area is 175 Å². The lowest BCUT2D eigenvalue weighted by atomic mass is 9.55. The molecule has 8 nitrogen and oxygen atoms in total. The summed E-state index contributed by atoms with van der Waals surface area (Å²) in [6.07, 6.45) is 3.67. The Kier molecular flexibility index (Phi) is 4.02. The van der Waals surface area contributed by atoms with Crippen LogP contribution in [0.2, 0.25) is 0 Å². The summed E-state index contributed by atoms with van der Waals surface area (Å²) in [5.41, 5.74) is 6.78. The van der Waals surface area contributed by atoms with E-state index < -0.39 is 11.1 Å². The lowest BCUT2D eigenvalue weighted by Crippen LogP contribution is -2.71. The van der Waals surface area contributed by atoms with Crippen LogP contribution in [-0.4, -0.2) is 47.0 Å². The molecule has 3 aliphatic heterocycles. The van der Waals surface area contributed by atoms with Crippen LogP contribution in [0.25, 0.3) is 0 Å². The number of hydrogen-bond acceptors (Lipinski definition) is 7. The summed E-state index contributed by atoms with van der Waals surface area (Å²) in [6, 6.07) is 6.05. The highest BCUT2D eigenvalue weighted by Crippen LogP contribution is 2.62. The summed E-state index contributed by atoms with van der Waals surface area (Å²) < 4.78 is 19.5. The van der Waals surface area contributed by atoms with E-state index in [0.29, 0.717) is 25.4 Å². The number of rotatable bonds is 4. The van der Waals surface area contributed by atoms with Crippen molar-refractivity contribution in [2.45, 2.75) is 44.9 Å². The smallest absolute Gasteiger partial charge is 0.283 e. The van der Waals surface area contributed by atoms with Crippen LogP contribution >= 0.6 is 0 Å². The van der Waals surface area contributed by atoms with Crippen molar-refractivity contribution in [3.63, 3.8) is 0 Å². The molecule has 2 spiro atoms. The van der Waals surface area contributed by atoms with E-state index in [-0.39, 0.29) is 23.6 Å². The maximum Gasteiger partial charge on any atom is 0.283 e. The topological polar surface area (TPSA) is 101 Å². The van der Waals surface area contributed by atoms with Crippen LogP contribution in [0.4, 0.5) is 0 Å². The number of nitrogens with two attached hydrogens (primary N) is 1. The van der Waals surface area contributed by atoms with E-state index in [1.165, 1.54) is 0 Å². The van der Waals surface area contributed by atoms with E-state index in [4.69, 9.17) is 24.9 Å². The number of aliphatic imine (C=N–C) groups is 1. The Bertz CT molecular complexity index is 1050. The predicted molar refractivity (Wildman–Crippen MR) is 110 cm³/mol. The van der Waals surface area contributed by atoms with Gasteiger partial charge in [0.1, 0.15) is 23.5 Å². The second kappa shape index (κ2) is 6.31. The highest BCUT2D eigenvalue weighted by atomic mass is 16.5. The molecule has 1 unspecified atom stereocenters. The predicted octanol–water partition coefficient (Wildman–Crippen LogP) is 2.06. The second-order valence-electron chi connectivity index (χ2n) is 8.80. The van der Waals surface area contributed by atoms with E-state index in [1.807, 2.05) is 25.1 Å². The average molecular weight is 410 g/mol. The minimum Gasteiger partial charge on any atom is -0.487 e. The zero-order valence-corrected chi connectivity index (χ0v) is 17.5. The van der Waals surface area contributed by atoms with Gasteiger partial charge in [-0.15, -0.1) is 0 Å². The molecule has 1 aromatic carbocycles. The van der Waals surface area contributed by atoms with Gasteiger partial charge in [-0.05, 0) is 38.5 Å². The molecule has 0 bridgehead atoms. The lowest BCUT2D eigenvalue weighted by molar-refractivity contribution is -0.247. The number of ether oxygens (including phenoxy) is 3. The van der Waals surface area contributed by atoms with Gasteiger partial charge in [0.15, 0.2) is 5.78 Å². The number of carbonyl (C=O) groups is 1. The number of amidine groups is 1. The Balaban J connectivity index is 1.55. The van der Waals surface area contributed by atoms with Crippen molar-refractivity contribution < 1.29 is 19.0 Å². The van der Waals surface area contributed by atoms with E-state index in [2.05, 4.69) is 18.9 Å². The van der Waals surface area contributed by atoms with Gasteiger partial charge in [0.2, 0.25) is 0 Å². The fourth-order valence-corrected chi connectivity index (χ4v) is 4.90. The lowest BCUT2D eigenvalue weighted by Gasteiger charge is -2.61. The van der Waals surface area contributed by atoms with Gasteiger partial charge in [0, 0.05) is 24.7 Å². The number of fused-ring (bicyclic) bond motifs is 3. The van der Waals surface area contributed by atoms with Gasteiger partial charge >= 0.3 is 0 Å². The third kappa shape index (κ3) is 2.46. The molecule has 0 saturated carbocycles. The highest BCUT2D eigenvalue weighted by molar-refractivity contribution is 5.97. The van der Waals surface area contributed by atoms with E-state index in [0.717, 1.165) is 23.4 Å². The van der Waals surface area contributed by atoms with Gasteiger partial charge in [0.25, 0.3) is 6.02 Å². The van der Waals surface area contributed by atoms with Crippen molar-refractivity contribution in [2.75, 3.05) is 19.8 Å². The van der Waals surface area contributed by atoms with Crippen LogP contribution < -0.4 is 10.5 Å². The van der Waals surface area contributed by atoms with Gasteiger partial charge in [-0.3, -0.25) is 9.48 Å². The van der Waals surface area contributed by atoms with Crippen molar-refractivity contribution in [2.24, 2.45) is 16.1 Å². The van der Waals surface area contributed by atoms with Crippen molar-refractivity contribution in [3.8, 4) is 5.75 Å². The maximum atomic E-state index is 12.8. The Morgan fingerprint density at radius 3 is 2.67 bits per heavy atom. The van der Waals surface area contributed by atoms with Crippen molar-refractivity contribution in [1.82, 2.24) is 9.78 Å². The van der Waals surface area contributed by atoms with Crippen LogP contribution in [0.3, 0.4) is 0 Å². The highest BCUT2D eigenvalue weighted by Gasteiger charge is 2.71. The molecule has 30 heavy (non-hydrogen) atoms. The Morgan fingerprint density at radius 2 is 2.07 bits per heavy atom. The fourth-order valence-electron chi connectivity index (χ4n) is 4.90. The molecule has 4 heterocycles. The number of benzene rings is 1. The van der Waals surface area contributed by atoms with Gasteiger partial charge in [0.05, 0.1) is 30.4 Å². The van der Waals surface area contributed by atoms with Crippen molar-refractivity contribution >= 4 is 11.8 Å². The molecule has 158 valence electrons. The van der Waals surface area contributed by atoms with E-state index in [9.17, 15) is 4.79 Å². The molecule has 8 heteroatoms. The molecule has 1 fully saturated rings. The summed E-state index contributed by atoms with van der Waals surface area (Å²) >= 11 is 0. The second-order valence-corrected chi connectivity index (χ2v) is 8.80. The first-order valence-corrected chi connectivity index (χ1v) is 10.2. The van der Waals surface area contributed by atoms with Gasteiger partial charge in [-0.25, -0.2) is 4.99 Å². The monoisotopic (exact) mass is 410 g/mol. The standard InChI is InChI=1S/C22H26N4O4/c1-4-26-10-15(9-24-26)17(27)8-14-5-6-18-16(7-14)22(13-29-19(23)25-22)21(11-28-12-21)20(2,3)30-18/h5-7,9-10H,4,8,11-13H2,1-3H3,(H2,23,25). The molecule has 5 rings (SSSR count). The van der Waals surface area contributed by atoms with Gasteiger partial charge < -0.3 is 19.9 Å². The molecule has 0 amide bonds. The number of ketones is 1. The number of aromatic nitrogens is 2. The molecule has 1 aromatic heterocycles. The third-order valence-electron chi connectivity index (χ3n) is 6.87. The minimum atomic E-state index is -0.696. The SMILES string of the molecule is CCn1cc(C(=O)Cc2ccc3c(c2)C2(COC(N)=N2)C2(COC2)C(C)(C)O3)cn1. The number of aryl methyl sites for hydroxylation is 1. The first-order valence-electron chi connectivity index (χ1n) is 10.2. The number of nitrogens with zero attached hydrogens (tertiary/aromatic N) is 3. The van der Waals surface area contributed by atoms with Gasteiger partial charge in [-0.1, -0.05) is 6.07 Å². The zero-order chi connectivity index (χ0) is 21.1. The molecule has 0 radical (unpaired) electrons. The summed E-state index contributed by atoms with van der Waals surface area (Å²) in [6.45, 7) is 8.20. The Hall–Kier alpha value is -2.87. The van der Waals surface area contributed by atoms with Gasteiger partial charge in [-0.2, -0.15) is 5.10 Å². The van der Waals surface area contributed by atoms with E-state index in [1.54, 1.807) is 17.1 Å². The first kappa shape index (κ1) is 19.1. The summed E-state index contributed by atoms with van der Waals surface area (Å²) in [5.74, 6) is 0.766. The van der Waals surface area contributed by atoms with Crippen LogP contribution in [0.5, 0.6) is 5.75 Å². The molecular weight excluding hydrogens is 384 g/mol. The normalized spacial score (nSPS) is 25.2. The van der Waals surface area contributed by atoms with E-state index >= 15 is 0 Å². The molecule has 0 aliphatic carbocycles. The third-order valence-corrected chi connectivity index (χ3v) is 6.87. The quantitative estimate of drug-likeness (QED) is 0.775. The first-order chi connectivity index (χ1) is 14.3. The van der Waals surface area contributed by atoms with Crippen LogP contribution in [-0.2, 0) is 28.0 Å². The minimum absolute atomic E-state index is 0.0214. The van der Waals surface area contributed by atoms with Crippen molar-refractivity contribution in [1.29, 1.82) is 0 Å². The molecule has 1 saturated heterocycles.